The highest BCUT2D eigenvalue weighted by Crippen LogP contribution is 2.23. The highest BCUT2D eigenvalue weighted by Gasteiger charge is 2.29. The van der Waals surface area contributed by atoms with E-state index in [0.717, 1.165) is 26.1 Å². The Morgan fingerprint density at radius 3 is 2.40 bits per heavy atom. The maximum Gasteiger partial charge on any atom is 0.254 e. The van der Waals surface area contributed by atoms with Gasteiger partial charge in [0.15, 0.2) is 0 Å². The van der Waals surface area contributed by atoms with Crippen molar-refractivity contribution in [2.24, 2.45) is 0 Å². The lowest BCUT2D eigenvalue weighted by Gasteiger charge is -2.26. The van der Waals surface area contributed by atoms with Crippen molar-refractivity contribution in [1.82, 2.24) is 9.80 Å². The lowest BCUT2D eigenvalue weighted by molar-refractivity contribution is 0.0777. The molecule has 0 radical (unpaired) electrons. The van der Waals surface area contributed by atoms with Gasteiger partial charge in [-0.05, 0) is 31.6 Å². The fourth-order valence-electron chi connectivity index (χ4n) is 2.87. The number of carbonyl (C=O) groups excluding carboxylic acids is 1. The van der Waals surface area contributed by atoms with Gasteiger partial charge >= 0.3 is 0 Å². The normalized spacial score (nSPS) is 18.8. The van der Waals surface area contributed by atoms with Gasteiger partial charge < -0.3 is 15.1 Å². The zero-order valence-electron chi connectivity index (χ0n) is 12.0. The first-order valence-corrected chi connectivity index (χ1v) is 7.11. The minimum Gasteiger partial charge on any atom is -0.508 e. The van der Waals surface area contributed by atoms with Crippen molar-refractivity contribution < 1.29 is 15.0 Å². The number of carbonyl (C=O) groups is 1. The van der Waals surface area contributed by atoms with E-state index in [2.05, 4.69) is 18.7 Å². The van der Waals surface area contributed by atoms with Crippen LogP contribution in [0.2, 0.25) is 0 Å². The molecule has 0 saturated carbocycles. The van der Waals surface area contributed by atoms with E-state index in [4.69, 9.17) is 0 Å². The fraction of sp³-hybridized carbons (Fsp3) is 0.533. The molecular weight excluding hydrogens is 256 g/mol. The number of hydrogen-bond donors (Lipinski definition) is 2. The van der Waals surface area contributed by atoms with Gasteiger partial charge in [-0.15, -0.1) is 0 Å². The van der Waals surface area contributed by atoms with Gasteiger partial charge in [-0.2, -0.15) is 0 Å². The van der Waals surface area contributed by atoms with Crippen molar-refractivity contribution in [2.75, 3.05) is 26.2 Å². The summed E-state index contributed by atoms with van der Waals surface area (Å²) in [6.07, 6.45) is 0.970. The first kappa shape index (κ1) is 14.7. The number of likely N-dealkylation sites (N-methyl/N-ethyl adjacent to an activating group) is 1. The van der Waals surface area contributed by atoms with E-state index in [1.165, 1.54) is 18.2 Å². The van der Waals surface area contributed by atoms with E-state index in [1.54, 1.807) is 4.90 Å². The van der Waals surface area contributed by atoms with Crippen LogP contribution in [0.4, 0.5) is 0 Å². The molecule has 1 atom stereocenters. The Morgan fingerprint density at radius 1 is 1.25 bits per heavy atom. The average molecular weight is 278 g/mol. The van der Waals surface area contributed by atoms with Gasteiger partial charge in [-0.1, -0.05) is 13.8 Å². The molecule has 0 aliphatic carbocycles. The lowest BCUT2D eigenvalue weighted by Crippen LogP contribution is -2.38. The largest absolute Gasteiger partial charge is 0.508 e. The van der Waals surface area contributed by atoms with Gasteiger partial charge in [-0.3, -0.25) is 9.69 Å². The fourth-order valence-corrected chi connectivity index (χ4v) is 2.87. The summed E-state index contributed by atoms with van der Waals surface area (Å²) in [5.41, 5.74) is 0.336. The van der Waals surface area contributed by atoms with E-state index < -0.39 is 0 Å². The van der Waals surface area contributed by atoms with Crippen molar-refractivity contribution in [3.8, 4) is 11.5 Å². The number of nitrogens with zero attached hydrogens (tertiary/aromatic N) is 2. The number of phenols is 2. The third-order valence-corrected chi connectivity index (χ3v) is 3.93. The van der Waals surface area contributed by atoms with E-state index in [-0.39, 0.29) is 17.4 Å². The summed E-state index contributed by atoms with van der Waals surface area (Å²) in [5, 5.41) is 18.9. The molecule has 5 heteroatoms. The third kappa shape index (κ3) is 3.04. The number of amides is 1. The van der Waals surface area contributed by atoms with Gasteiger partial charge in [-0.25, -0.2) is 0 Å². The van der Waals surface area contributed by atoms with Crippen LogP contribution in [0.25, 0.3) is 0 Å². The molecule has 20 heavy (non-hydrogen) atoms. The molecule has 5 nitrogen and oxygen atoms in total. The Bertz CT molecular complexity index is 466. The molecule has 1 aromatic carbocycles. The second kappa shape index (κ2) is 6.13. The summed E-state index contributed by atoms with van der Waals surface area (Å²) in [7, 11) is 0. The number of rotatable bonds is 4. The Hall–Kier alpha value is -1.75. The van der Waals surface area contributed by atoms with Crippen molar-refractivity contribution in [3.05, 3.63) is 23.8 Å². The highest BCUT2D eigenvalue weighted by molar-refractivity contribution is 5.95. The van der Waals surface area contributed by atoms with Crippen molar-refractivity contribution in [1.29, 1.82) is 0 Å². The molecular formula is C15H22N2O3. The Balaban J connectivity index is 2.07. The Labute approximate surface area is 119 Å². The van der Waals surface area contributed by atoms with Crippen LogP contribution in [0.3, 0.4) is 0 Å². The lowest BCUT2D eigenvalue weighted by atomic mass is 10.2. The topological polar surface area (TPSA) is 64.0 Å². The van der Waals surface area contributed by atoms with Crippen LogP contribution < -0.4 is 0 Å². The number of hydrogen-bond acceptors (Lipinski definition) is 4. The smallest absolute Gasteiger partial charge is 0.254 e. The molecule has 2 N–H and O–H groups in total. The second-order valence-corrected chi connectivity index (χ2v) is 5.15. The van der Waals surface area contributed by atoms with Gasteiger partial charge in [0, 0.05) is 30.8 Å². The zero-order valence-corrected chi connectivity index (χ0v) is 12.0. The first-order chi connectivity index (χ1) is 9.55. The number of likely N-dealkylation sites (tertiary alicyclic amines) is 1. The van der Waals surface area contributed by atoms with Gasteiger partial charge in [0.1, 0.15) is 11.5 Å². The minimum atomic E-state index is -0.133. The maximum absolute atomic E-state index is 12.4. The molecule has 1 heterocycles. The summed E-state index contributed by atoms with van der Waals surface area (Å²) in [6, 6.07) is 4.42. The van der Waals surface area contributed by atoms with E-state index in [1.807, 2.05) is 0 Å². The third-order valence-electron chi connectivity index (χ3n) is 3.93. The first-order valence-electron chi connectivity index (χ1n) is 7.11. The van der Waals surface area contributed by atoms with Crippen molar-refractivity contribution in [3.63, 3.8) is 0 Å². The summed E-state index contributed by atoms with van der Waals surface area (Å²) >= 11 is 0. The van der Waals surface area contributed by atoms with Crippen LogP contribution in [0.15, 0.2) is 18.2 Å². The van der Waals surface area contributed by atoms with E-state index >= 15 is 0 Å². The molecule has 2 rings (SSSR count). The molecule has 1 aromatic rings. The molecule has 1 aliphatic rings. The van der Waals surface area contributed by atoms with E-state index in [0.29, 0.717) is 18.2 Å². The molecule has 110 valence electrons. The average Bonchev–Trinajstić information content (AvgIpc) is 2.88. The molecule has 1 unspecified atom stereocenters. The van der Waals surface area contributed by atoms with Crippen LogP contribution in [-0.4, -0.2) is 58.1 Å². The molecule has 0 spiro atoms. The van der Waals surface area contributed by atoms with Gasteiger partial charge in [0.25, 0.3) is 5.91 Å². The number of phenolic OH excluding ortho intramolecular Hbond substituents is 2. The van der Waals surface area contributed by atoms with Crippen LogP contribution in [0.1, 0.15) is 30.6 Å². The summed E-state index contributed by atoms with van der Waals surface area (Å²) in [6.45, 7) is 7.64. The molecule has 0 aromatic heterocycles. The predicted molar refractivity (Wildman–Crippen MR) is 77.0 cm³/mol. The maximum atomic E-state index is 12.4. The standard InChI is InChI=1S/C15H22N2O3/c1-3-16(4-2)12-5-6-17(10-12)15(20)11-7-13(18)9-14(19)8-11/h7-9,12,18-19H,3-6,10H2,1-2H3. The van der Waals surface area contributed by atoms with Crippen LogP contribution >= 0.6 is 0 Å². The summed E-state index contributed by atoms with van der Waals surface area (Å²) in [5.74, 6) is -0.313. The van der Waals surface area contributed by atoms with Crippen molar-refractivity contribution >= 4 is 5.91 Å². The molecule has 1 amide bonds. The highest BCUT2D eigenvalue weighted by atomic mass is 16.3. The van der Waals surface area contributed by atoms with Gasteiger partial charge in [0.2, 0.25) is 0 Å². The Kier molecular flexibility index (Phi) is 4.49. The monoisotopic (exact) mass is 278 g/mol. The summed E-state index contributed by atoms with van der Waals surface area (Å²) < 4.78 is 0. The summed E-state index contributed by atoms with van der Waals surface area (Å²) in [4.78, 5) is 16.5. The van der Waals surface area contributed by atoms with E-state index in [9.17, 15) is 15.0 Å². The van der Waals surface area contributed by atoms with Crippen LogP contribution in [0, 0.1) is 0 Å². The molecule has 1 saturated heterocycles. The van der Waals surface area contributed by atoms with Gasteiger partial charge in [0.05, 0.1) is 0 Å². The van der Waals surface area contributed by atoms with Crippen molar-refractivity contribution in [2.45, 2.75) is 26.3 Å². The van der Waals surface area contributed by atoms with Crippen LogP contribution in [0.5, 0.6) is 11.5 Å². The molecule has 1 aliphatic heterocycles. The molecule has 1 fully saturated rings. The Morgan fingerprint density at radius 2 is 1.85 bits per heavy atom. The second-order valence-electron chi connectivity index (χ2n) is 5.15. The van der Waals surface area contributed by atoms with Crippen LogP contribution in [-0.2, 0) is 0 Å². The number of benzene rings is 1. The minimum absolute atomic E-state index is 0.0900. The molecule has 0 bridgehead atoms. The SMILES string of the molecule is CCN(CC)C1CCN(C(=O)c2cc(O)cc(O)c2)C1. The number of aromatic hydroxyl groups is 2. The quantitative estimate of drug-likeness (QED) is 0.879. The predicted octanol–water partition coefficient (Wildman–Crippen LogP) is 1.65. The zero-order chi connectivity index (χ0) is 14.7.